The Balaban J connectivity index is 1.38. The number of amides is 1. The van der Waals surface area contributed by atoms with Gasteiger partial charge in [0.05, 0.1) is 34.5 Å². The van der Waals surface area contributed by atoms with Gasteiger partial charge in [0.2, 0.25) is 10.0 Å². The van der Waals surface area contributed by atoms with E-state index >= 15 is 0 Å². The van der Waals surface area contributed by atoms with Crippen LogP contribution in [0.3, 0.4) is 0 Å². The number of carbonyl (C=O) groups is 1. The van der Waals surface area contributed by atoms with E-state index in [-0.39, 0.29) is 17.3 Å². The van der Waals surface area contributed by atoms with E-state index in [0.717, 1.165) is 15.2 Å². The molecule has 0 saturated heterocycles. The molecule has 4 rings (SSSR count). The number of furan rings is 1. The van der Waals surface area contributed by atoms with E-state index < -0.39 is 10.0 Å². The summed E-state index contributed by atoms with van der Waals surface area (Å²) in [6.45, 7) is 0.364. The largest absolute Gasteiger partial charge is 0.468 e. The topological polar surface area (TPSA) is 101 Å². The fourth-order valence-corrected chi connectivity index (χ4v) is 4.60. The van der Waals surface area contributed by atoms with Crippen LogP contribution in [-0.2, 0) is 23.1 Å². The summed E-state index contributed by atoms with van der Waals surface area (Å²) < 4.78 is 33.3. The first-order chi connectivity index (χ1) is 14.0. The number of fused-ring (bicyclic) bond motifs is 1. The zero-order valence-electron chi connectivity index (χ0n) is 15.2. The number of rotatable bonds is 7. The van der Waals surface area contributed by atoms with E-state index in [2.05, 4.69) is 15.0 Å². The van der Waals surface area contributed by atoms with E-state index in [0.29, 0.717) is 17.9 Å². The molecule has 0 aliphatic carbocycles. The van der Waals surface area contributed by atoms with Gasteiger partial charge in [-0.3, -0.25) is 4.79 Å². The number of hydrogen-bond acceptors (Lipinski definition) is 6. The van der Waals surface area contributed by atoms with Gasteiger partial charge in [-0.15, -0.1) is 11.3 Å². The molecule has 0 bridgehead atoms. The van der Waals surface area contributed by atoms with Gasteiger partial charge in [-0.25, -0.2) is 18.1 Å². The standard InChI is InChI=1S/C20H17N3O4S2/c24-20(21-13-19-23-17-5-1-2-6-18(17)28-19)14-7-9-16(10-8-14)29(25,26)22-12-15-4-3-11-27-15/h1-11,22H,12-13H2,(H,21,24). The van der Waals surface area contributed by atoms with Crippen molar-refractivity contribution in [2.45, 2.75) is 18.0 Å². The third-order valence-corrected chi connectivity index (χ3v) is 6.64. The van der Waals surface area contributed by atoms with Gasteiger partial charge >= 0.3 is 0 Å². The Morgan fingerprint density at radius 3 is 2.52 bits per heavy atom. The zero-order valence-corrected chi connectivity index (χ0v) is 16.8. The van der Waals surface area contributed by atoms with Crippen molar-refractivity contribution >= 4 is 37.5 Å². The molecule has 0 aliphatic rings. The molecule has 0 aliphatic heterocycles. The van der Waals surface area contributed by atoms with Crippen molar-refractivity contribution in [1.82, 2.24) is 15.0 Å². The number of carbonyl (C=O) groups excluding carboxylic acids is 1. The third-order valence-electron chi connectivity index (χ3n) is 4.18. The summed E-state index contributed by atoms with van der Waals surface area (Å²) in [6, 6.07) is 16.9. The molecule has 148 valence electrons. The SMILES string of the molecule is O=C(NCc1nc2ccccc2s1)c1ccc(S(=O)(=O)NCc2ccco2)cc1. The molecule has 9 heteroatoms. The molecule has 0 spiro atoms. The predicted molar refractivity (Wildman–Crippen MR) is 110 cm³/mol. The maximum Gasteiger partial charge on any atom is 0.251 e. The van der Waals surface area contributed by atoms with Crippen LogP contribution in [-0.4, -0.2) is 19.3 Å². The van der Waals surface area contributed by atoms with Crippen molar-refractivity contribution in [2.24, 2.45) is 0 Å². The Labute approximate surface area is 171 Å². The van der Waals surface area contributed by atoms with Crippen LogP contribution in [0.2, 0.25) is 0 Å². The van der Waals surface area contributed by atoms with Gasteiger partial charge in [-0.1, -0.05) is 12.1 Å². The van der Waals surface area contributed by atoms with Gasteiger partial charge in [0.25, 0.3) is 5.91 Å². The normalized spacial score (nSPS) is 11.6. The molecule has 7 nitrogen and oxygen atoms in total. The van der Waals surface area contributed by atoms with E-state index in [1.807, 2.05) is 24.3 Å². The molecule has 4 aromatic rings. The number of hydrogen-bond donors (Lipinski definition) is 2. The van der Waals surface area contributed by atoms with Crippen molar-refractivity contribution < 1.29 is 17.6 Å². The van der Waals surface area contributed by atoms with E-state index in [1.54, 1.807) is 12.1 Å². The average Bonchev–Trinajstić information content (AvgIpc) is 3.40. The first-order valence-electron chi connectivity index (χ1n) is 8.76. The van der Waals surface area contributed by atoms with Crippen molar-refractivity contribution in [3.63, 3.8) is 0 Å². The van der Waals surface area contributed by atoms with Gasteiger partial charge in [0.15, 0.2) is 0 Å². The van der Waals surface area contributed by atoms with Crippen LogP contribution >= 0.6 is 11.3 Å². The fraction of sp³-hybridized carbons (Fsp3) is 0.100. The summed E-state index contributed by atoms with van der Waals surface area (Å²) in [6.07, 6.45) is 1.48. The molecule has 0 radical (unpaired) electrons. The lowest BCUT2D eigenvalue weighted by atomic mass is 10.2. The van der Waals surface area contributed by atoms with Crippen molar-refractivity contribution in [2.75, 3.05) is 0 Å². The van der Waals surface area contributed by atoms with E-state index in [4.69, 9.17) is 4.42 Å². The molecule has 1 amide bonds. The van der Waals surface area contributed by atoms with Crippen LogP contribution in [0, 0.1) is 0 Å². The van der Waals surface area contributed by atoms with Gasteiger partial charge in [0, 0.05) is 5.56 Å². The maximum absolute atomic E-state index is 12.4. The Morgan fingerprint density at radius 1 is 1.00 bits per heavy atom. The smallest absolute Gasteiger partial charge is 0.251 e. The Kier molecular flexibility index (Phi) is 5.43. The summed E-state index contributed by atoms with van der Waals surface area (Å²) >= 11 is 1.52. The Morgan fingerprint density at radius 2 is 1.79 bits per heavy atom. The molecule has 2 heterocycles. The molecule has 2 N–H and O–H groups in total. The number of nitrogens with zero attached hydrogens (tertiary/aromatic N) is 1. The fourth-order valence-electron chi connectivity index (χ4n) is 2.70. The third kappa shape index (κ3) is 4.53. The lowest BCUT2D eigenvalue weighted by Gasteiger charge is -2.07. The number of sulfonamides is 1. The second kappa shape index (κ2) is 8.16. The van der Waals surface area contributed by atoms with Crippen molar-refractivity contribution in [3.05, 3.63) is 83.3 Å². The predicted octanol–water partition coefficient (Wildman–Crippen LogP) is 3.30. The Hall–Kier alpha value is -3.01. The van der Waals surface area contributed by atoms with Gasteiger partial charge in [-0.05, 0) is 48.5 Å². The Bertz CT molecular complexity index is 1200. The first kappa shape index (κ1) is 19.3. The highest BCUT2D eigenvalue weighted by Gasteiger charge is 2.15. The minimum atomic E-state index is -3.70. The molecule has 0 fully saturated rings. The summed E-state index contributed by atoms with van der Waals surface area (Å²) in [5.41, 5.74) is 1.27. The van der Waals surface area contributed by atoms with Crippen LogP contribution in [0.5, 0.6) is 0 Å². The molecular formula is C20H17N3O4S2. The van der Waals surface area contributed by atoms with E-state index in [1.165, 1.54) is 41.9 Å². The van der Waals surface area contributed by atoms with Crippen LogP contribution in [0.1, 0.15) is 21.1 Å². The lowest BCUT2D eigenvalue weighted by molar-refractivity contribution is 0.0951. The highest BCUT2D eigenvalue weighted by atomic mass is 32.2. The summed E-state index contributed by atoms with van der Waals surface area (Å²) in [4.78, 5) is 16.9. The van der Waals surface area contributed by atoms with Crippen LogP contribution in [0.15, 0.2) is 76.2 Å². The van der Waals surface area contributed by atoms with Gasteiger partial charge in [-0.2, -0.15) is 0 Å². The minimum Gasteiger partial charge on any atom is -0.468 e. The summed E-state index contributed by atoms with van der Waals surface area (Å²) in [7, 11) is -3.70. The lowest BCUT2D eigenvalue weighted by Crippen LogP contribution is -2.24. The highest BCUT2D eigenvalue weighted by molar-refractivity contribution is 7.89. The molecular weight excluding hydrogens is 410 g/mol. The van der Waals surface area contributed by atoms with Crippen LogP contribution in [0.25, 0.3) is 10.2 Å². The highest BCUT2D eigenvalue weighted by Crippen LogP contribution is 2.21. The maximum atomic E-state index is 12.4. The number of para-hydroxylation sites is 1. The van der Waals surface area contributed by atoms with Gasteiger partial charge < -0.3 is 9.73 Å². The van der Waals surface area contributed by atoms with Crippen LogP contribution in [0.4, 0.5) is 0 Å². The van der Waals surface area contributed by atoms with Crippen LogP contribution < -0.4 is 10.0 Å². The van der Waals surface area contributed by atoms with Gasteiger partial charge in [0.1, 0.15) is 10.8 Å². The average molecular weight is 428 g/mol. The number of thiazole rings is 1. The summed E-state index contributed by atoms with van der Waals surface area (Å²) in [5, 5.41) is 3.62. The molecule has 0 unspecified atom stereocenters. The molecule has 29 heavy (non-hydrogen) atoms. The van der Waals surface area contributed by atoms with Crippen molar-refractivity contribution in [3.8, 4) is 0 Å². The molecule has 0 saturated carbocycles. The number of aromatic nitrogens is 1. The molecule has 2 aromatic heterocycles. The minimum absolute atomic E-state index is 0.0553. The van der Waals surface area contributed by atoms with Crippen molar-refractivity contribution in [1.29, 1.82) is 0 Å². The quantitative estimate of drug-likeness (QED) is 0.471. The number of benzene rings is 2. The monoisotopic (exact) mass is 427 g/mol. The first-order valence-corrected chi connectivity index (χ1v) is 11.1. The second-order valence-corrected chi connectivity index (χ2v) is 9.07. The van der Waals surface area contributed by atoms with E-state index in [9.17, 15) is 13.2 Å². The summed E-state index contributed by atoms with van der Waals surface area (Å²) in [5.74, 6) is 0.219. The molecule has 2 aromatic carbocycles. The second-order valence-electron chi connectivity index (χ2n) is 6.19. The molecule has 0 atom stereocenters. The number of nitrogens with one attached hydrogen (secondary N) is 2. The zero-order chi connectivity index (χ0) is 20.3.